The number of aromatic nitrogens is 3. The van der Waals surface area contributed by atoms with E-state index in [0.29, 0.717) is 17.4 Å². The summed E-state index contributed by atoms with van der Waals surface area (Å²) in [5.41, 5.74) is 4.51. The second-order valence-electron chi connectivity index (χ2n) is 5.35. The van der Waals surface area contributed by atoms with Crippen molar-refractivity contribution in [2.75, 3.05) is 11.9 Å². The third kappa shape index (κ3) is 2.83. The number of benzene rings is 1. The molecule has 0 spiro atoms. The first-order valence-electron chi connectivity index (χ1n) is 7.17. The monoisotopic (exact) mass is 349 g/mol. The minimum Gasteiger partial charge on any atom is -0.312 e. The van der Waals surface area contributed by atoms with Gasteiger partial charge in [0.05, 0.1) is 10.2 Å². The average Bonchev–Trinajstić information content (AvgIpc) is 3.11. The zero-order chi connectivity index (χ0) is 15.1. The summed E-state index contributed by atoms with van der Waals surface area (Å²) in [6.07, 6.45) is 0.871. The molecular formula is C15H16ClN5OS. The molecule has 1 aliphatic heterocycles. The Kier molecular flexibility index (Phi) is 4.34. The van der Waals surface area contributed by atoms with Gasteiger partial charge >= 0.3 is 0 Å². The van der Waals surface area contributed by atoms with Crippen LogP contribution >= 0.6 is 23.7 Å². The van der Waals surface area contributed by atoms with Crippen molar-refractivity contribution in [2.45, 2.75) is 19.9 Å². The van der Waals surface area contributed by atoms with Crippen LogP contribution in [0, 0.1) is 6.92 Å². The Hall–Kier alpha value is -1.96. The van der Waals surface area contributed by atoms with Crippen molar-refractivity contribution in [3.05, 3.63) is 40.7 Å². The van der Waals surface area contributed by atoms with Crippen LogP contribution in [0.5, 0.6) is 0 Å². The number of amides is 1. The average molecular weight is 350 g/mol. The van der Waals surface area contributed by atoms with Crippen molar-refractivity contribution in [3.63, 3.8) is 0 Å². The molecule has 0 saturated heterocycles. The van der Waals surface area contributed by atoms with E-state index in [1.54, 1.807) is 0 Å². The Morgan fingerprint density at radius 2 is 2.26 bits per heavy atom. The third-order valence-electron chi connectivity index (χ3n) is 3.86. The van der Waals surface area contributed by atoms with Crippen LogP contribution in [0.1, 0.15) is 27.3 Å². The molecule has 0 unspecified atom stereocenters. The highest BCUT2D eigenvalue weighted by atomic mass is 35.5. The molecule has 0 bridgehead atoms. The van der Waals surface area contributed by atoms with E-state index in [0.717, 1.165) is 40.0 Å². The van der Waals surface area contributed by atoms with Crippen molar-refractivity contribution < 1.29 is 4.79 Å². The first-order valence-corrected chi connectivity index (χ1v) is 7.98. The molecule has 3 aromatic rings. The minimum absolute atomic E-state index is 0. The molecular weight excluding hydrogens is 334 g/mol. The van der Waals surface area contributed by atoms with Gasteiger partial charge in [-0.15, -0.1) is 12.4 Å². The zero-order valence-corrected chi connectivity index (χ0v) is 14.1. The summed E-state index contributed by atoms with van der Waals surface area (Å²) in [4.78, 5) is 17.0. The van der Waals surface area contributed by atoms with E-state index in [4.69, 9.17) is 0 Å². The van der Waals surface area contributed by atoms with Crippen molar-refractivity contribution in [2.24, 2.45) is 0 Å². The van der Waals surface area contributed by atoms with Gasteiger partial charge in [0.1, 0.15) is 0 Å². The second kappa shape index (κ2) is 6.27. The number of fused-ring (bicyclic) bond motifs is 2. The molecule has 4 rings (SSSR count). The van der Waals surface area contributed by atoms with Crippen LogP contribution < -0.4 is 10.6 Å². The number of rotatable bonds is 2. The van der Waals surface area contributed by atoms with Crippen LogP contribution in [-0.4, -0.2) is 27.6 Å². The molecule has 1 aliphatic rings. The summed E-state index contributed by atoms with van der Waals surface area (Å²) in [5.74, 6) is -0.210. The summed E-state index contributed by atoms with van der Waals surface area (Å²) >= 11 is 1.48. The fraction of sp³-hybridized carbons (Fsp3) is 0.267. The van der Waals surface area contributed by atoms with Crippen LogP contribution in [0.4, 0.5) is 5.13 Å². The molecule has 23 heavy (non-hydrogen) atoms. The number of thiazole rings is 1. The number of halogens is 1. The van der Waals surface area contributed by atoms with E-state index >= 15 is 0 Å². The number of hydrogen-bond donors (Lipinski definition) is 3. The van der Waals surface area contributed by atoms with Crippen LogP contribution in [0.15, 0.2) is 18.2 Å². The number of H-pyrrole nitrogens is 1. The number of nitrogens with one attached hydrogen (secondary N) is 3. The summed E-state index contributed by atoms with van der Waals surface area (Å²) in [6, 6.07) is 6.02. The third-order valence-corrected chi connectivity index (χ3v) is 4.80. The van der Waals surface area contributed by atoms with Gasteiger partial charge in [0.25, 0.3) is 5.91 Å². The lowest BCUT2D eigenvalue weighted by atomic mass is 10.1. The summed E-state index contributed by atoms with van der Waals surface area (Å²) in [5, 5.41) is 13.9. The molecule has 3 N–H and O–H groups in total. The van der Waals surface area contributed by atoms with Gasteiger partial charge in [-0.05, 0) is 18.6 Å². The van der Waals surface area contributed by atoms with Crippen molar-refractivity contribution in [1.29, 1.82) is 0 Å². The van der Waals surface area contributed by atoms with Gasteiger partial charge in [-0.2, -0.15) is 5.10 Å². The summed E-state index contributed by atoms with van der Waals surface area (Å²) in [7, 11) is 0. The first kappa shape index (κ1) is 15.9. The van der Waals surface area contributed by atoms with Gasteiger partial charge in [-0.3, -0.25) is 15.2 Å². The quantitative estimate of drug-likeness (QED) is 0.664. The minimum atomic E-state index is -0.210. The number of aromatic amines is 1. The van der Waals surface area contributed by atoms with Crippen molar-refractivity contribution in [1.82, 2.24) is 20.5 Å². The molecule has 3 heterocycles. The maximum Gasteiger partial charge on any atom is 0.278 e. The highest BCUT2D eigenvalue weighted by Gasteiger charge is 2.22. The molecule has 0 saturated carbocycles. The Bertz CT molecular complexity index is 872. The lowest BCUT2D eigenvalue weighted by Crippen LogP contribution is -2.25. The van der Waals surface area contributed by atoms with Gasteiger partial charge in [0.2, 0.25) is 0 Å². The largest absolute Gasteiger partial charge is 0.312 e. The summed E-state index contributed by atoms with van der Waals surface area (Å²) < 4.78 is 1.07. The Balaban J connectivity index is 0.00000156. The van der Waals surface area contributed by atoms with E-state index in [2.05, 4.69) is 25.8 Å². The van der Waals surface area contributed by atoms with Gasteiger partial charge in [-0.25, -0.2) is 4.98 Å². The van der Waals surface area contributed by atoms with Gasteiger partial charge in [0.15, 0.2) is 10.8 Å². The maximum absolute atomic E-state index is 12.5. The molecule has 1 amide bonds. The van der Waals surface area contributed by atoms with Crippen LogP contribution in [0.2, 0.25) is 0 Å². The molecule has 0 aliphatic carbocycles. The van der Waals surface area contributed by atoms with E-state index in [1.807, 2.05) is 25.1 Å². The topological polar surface area (TPSA) is 82.7 Å². The number of carbonyl (C=O) groups excluding carboxylic acids is 1. The van der Waals surface area contributed by atoms with Crippen molar-refractivity contribution >= 4 is 45.0 Å². The number of para-hydroxylation sites is 1. The highest BCUT2D eigenvalue weighted by Crippen LogP contribution is 2.28. The van der Waals surface area contributed by atoms with E-state index in [1.165, 1.54) is 11.3 Å². The first-order chi connectivity index (χ1) is 10.7. The maximum atomic E-state index is 12.5. The molecule has 8 heteroatoms. The smallest absolute Gasteiger partial charge is 0.278 e. The number of carbonyl (C=O) groups is 1. The highest BCUT2D eigenvalue weighted by molar-refractivity contribution is 7.22. The lowest BCUT2D eigenvalue weighted by molar-refractivity contribution is 0.102. The van der Waals surface area contributed by atoms with E-state index < -0.39 is 0 Å². The van der Waals surface area contributed by atoms with Crippen LogP contribution in [0.3, 0.4) is 0 Å². The predicted octanol–water partition coefficient (Wildman–Crippen LogP) is 2.65. The second-order valence-corrected chi connectivity index (χ2v) is 6.38. The molecule has 2 aromatic heterocycles. The Labute approximate surface area is 143 Å². The zero-order valence-electron chi connectivity index (χ0n) is 12.5. The number of hydrogen-bond acceptors (Lipinski definition) is 5. The molecule has 0 atom stereocenters. The van der Waals surface area contributed by atoms with E-state index in [-0.39, 0.29) is 18.3 Å². The Morgan fingerprint density at radius 3 is 3.09 bits per heavy atom. The fourth-order valence-corrected chi connectivity index (χ4v) is 3.65. The predicted molar refractivity (Wildman–Crippen MR) is 93.6 cm³/mol. The molecule has 6 nitrogen and oxygen atoms in total. The van der Waals surface area contributed by atoms with Gasteiger partial charge in [0, 0.05) is 30.8 Å². The summed E-state index contributed by atoms with van der Waals surface area (Å²) in [6.45, 7) is 3.60. The Morgan fingerprint density at radius 1 is 1.39 bits per heavy atom. The standard InChI is InChI=1S/C15H15N5OS.ClH/c1-8-3-2-4-11-12(8)17-15(22-11)18-14(21)13-9-7-16-6-5-10(9)19-20-13;/h2-4,16H,5-7H2,1H3,(H,19,20)(H,17,18,21);1H. The lowest BCUT2D eigenvalue weighted by Gasteiger charge is -2.12. The number of aryl methyl sites for hydroxylation is 1. The number of anilines is 1. The molecule has 1 aromatic carbocycles. The normalized spacial score (nSPS) is 13.4. The van der Waals surface area contributed by atoms with E-state index in [9.17, 15) is 4.79 Å². The van der Waals surface area contributed by atoms with Crippen LogP contribution in [0.25, 0.3) is 10.2 Å². The van der Waals surface area contributed by atoms with Gasteiger partial charge in [-0.1, -0.05) is 23.5 Å². The SMILES string of the molecule is Cc1cccc2sc(NC(=O)c3n[nH]c4c3CNCC4)nc12.Cl. The molecule has 120 valence electrons. The van der Waals surface area contributed by atoms with Crippen molar-refractivity contribution in [3.8, 4) is 0 Å². The molecule has 0 fully saturated rings. The number of nitrogens with zero attached hydrogens (tertiary/aromatic N) is 2. The van der Waals surface area contributed by atoms with Crippen LogP contribution in [-0.2, 0) is 13.0 Å². The van der Waals surface area contributed by atoms with Gasteiger partial charge < -0.3 is 5.32 Å². The molecule has 0 radical (unpaired) electrons. The fourth-order valence-electron chi connectivity index (χ4n) is 2.71.